The summed E-state index contributed by atoms with van der Waals surface area (Å²) < 4.78 is 1.67. The largest absolute Gasteiger partial charge is 0.356 e. The van der Waals surface area contributed by atoms with Crippen LogP contribution in [0.25, 0.3) is 0 Å². The Morgan fingerprint density at radius 3 is 2.75 bits per heavy atom. The predicted octanol–water partition coefficient (Wildman–Crippen LogP) is 2.94. The minimum atomic E-state index is 0.0182. The maximum absolute atomic E-state index is 11.8. The van der Waals surface area contributed by atoms with Crippen LogP contribution in [0.15, 0.2) is 10.2 Å². The number of rotatable bonds is 9. The van der Waals surface area contributed by atoms with E-state index in [1.807, 2.05) is 12.3 Å². The standard InChI is InChI=1S/C15H26N2O2S/c1-4-6-7-13(5-2)10-16-14(18)8-9-17-12(3)11-20-15(17)19/h11,13H,4-10H2,1-3H3,(H,16,18). The summed E-state index contributed by atoms with van der Waals surface area (Å²) in [5.41, 5.74) is 0.933. The number of hydrogen-bond acceptors (Lipinski definition) is 3. The smallest absolute Gasteiger partial charge is 0.307 e. The van der Waals surface area contributed by atoms with Gasteiger partial charge in [-0.1, -0.05) is 44.4 Å². The highest BCUT2D eigenvalue weighted by atomic mass is 32.1. The van der Waals surface area contributed by atoms with Gasteiger partial charge in [0.05, 0.1) is 0 Å². The lowest BCUT2D eigenvalue weighted by Gasteiger charge is -2.15. The third-order valence-corrected chi connectivity index (χ3v) is 4.55. The molecule has 0 bridgehead atoms. The molecule has 1 atom stereocenters. The summed E-state index contributed by atoms with van der Waals surface area (Å²) in [5, 5.41) is 4.82. The van der Waals surface area contributed by atoms with E-state index < -0.39 is 0 Å². The molecule has 0 aliphatic rings. The van der Waals surface area contributed by atoms with Gasteiger partial charge in [-0.3, -0.25) is 9.59 Å². The summed E-state index contributed by atoms with van der Waals surface area (Å²) in [6.07, 6.45) is 5.07. The first-order valence-electron chi connectivity index (χ1n) is 7.50. The van der Waals surface area contributed by atoms with E-state index in [9.17, 15) is 9.59 Å². The van der Waals surface area contributed by atoms with Crippen molar-refractivity contribution in [2.45, 2.75) is 59.4 Å². The quantitative estimate of drug-likeness (QED) is 0.762. The van der Waals surface area contributed by atoms with Crippen LogP contribution in [0.4, 0.5) is 0 Å². The van der Waals surface area contributed by atoms with Gasteiger partial charge in [-0.2, -0.15) is 0 Å². The summed E-state index contributed by atoms with van der Waals surface area (Å²) >= 11 is 1.19. The van der Waals surface area contributed by atoms with Crippen LogP contribution >= 0.6 is 11.3 Å². The lowest BCUT2D eigenvalue weighted by molar-refractivity contribution is -0.121. The van der Waals surface area contributed by atoms with Crippen LogP contribution in [0.3, 0.4) is 0 Å². The summed E-state index contributed by atoms with van der Waals surface area (Å²) in [5.74, 6) is 0.613. The second-order valence-electron chi connectivity index (χ2n) is 5.27. The van der Waals surface area contributed by atoms with Crippen molar-refractivity contribution in [3.05, 3.63) is 20.7 Å². The van der Waals surface area contributed by atoms with E-state index in [4.69, 9.17) is 0 Å². The van der Waals surface area contributed by atoms with Gasteiger partial charge in [0.15, 0.2) is 0 Å². The minimum absolute atomic E-state index is 0.0182. The van der Waals surface area contributed by atoms with Crippen molar-refractivity contribution in [3.63, 3.8) is 0 Å². The predicted molar refractivity (Wildman–Crippen MR) is 84.2 cm³/mol. The van der Waals surface area contributed by atoms with Crippen molar-refractivity contribution < 1.29 is 4.79 Å². The number of thiazole rings is 1. The molecule has 1 amide bonds. The molecular weight excluding hydrogens is 272 g/mol. The molecule has 1 unspecified atom stereocenters. The molecule has 1 aromatic rings. The SMILES string of the molecule is CCCCC(CC)CNC(=O)CCn1c(C)csc1=O. The third-order valence-electron chi connectivity index (χ3n) is 3.67. The number of nitrogens with zero attached hydrogens (tertiary/aromatic N) is 1. The number of unbranched alkanes of at least 4 members (excludes halogenated alkanes) is 1. The third kappa shape index (κ3) is 5.49. The normalized spacial score (nSPS) is 12.3. The average molecular weight is 298 g/mol. The second-order valence-corrected chi connectivity index (χ2v) is 6.09. The number of carbonyl (C=O) groups excluding carboxylic acids is 1. The fraction of sp³-hybridized carbons (Fsp3) is 0.733. The first-order valence-corrected chi connectivity index (χ1v) is 8.38. The topological polar surface area (TPSA) is 51.1 Å². The number of hydrogen-bond donors (Lipinski definition) is 1. The molecule has 1 aromatic heterocycles. The molecule has 20 heavy (non-hydrogen) atoms. The first kappa shape index (κ1) is 17.0. The first-order chi connectivity index (χ1) is 9.58. The van der Waals surface area contributed by atoms with E-state index >= 15 is 0 Å². The van der Waals surface area contributed by atoms with Crippen LogP contribution in [0, 0.1) is 12.8 Å². The van der Waals surface area contributed by atoms with Crippen LogP contribution in [-0.2, 0) is 11.3 Å². The van der Waals surface area contributed by atoms with Gasteiger partial charge >= 0.3 is 4.87 Å². The molecule has 0 saturated carbocycles. The van der Waals surface area contributed by atoms with Crippen molar-refractivity contribution in [1.29, 1.82) is 0 Å². The fourth-order valence-corrected chi connectivity index (χ4v) is 2.94. The Balaban J connectivity index is 2.31. The summed E-state index contributed by atoms with van der Waals surface area (Å²) in [6, 6.07) is 0. The van der Waals surface area contributed by atoms with Gasteiger partial charge < -0.3 is 9.88 Å². The molecule has 5 heteroatoms. The molecule has 0 aliphatic carbocycles. The van der Waals surface area contributed by atoms with E-state index in [2.05, 4.69) is 19.2 Å². The van der Waals surface area contributed by atoms with Gasteiger partial charge in [-0.25, -0.2) is 0 Å². The van der Waals surface area contributed by atoms with Crippen LogP contribution in [-0.4, -0.2) is 17.0 Å². The maximum atomic E-state index is 11.8. The molecule has 0 spiro atoms. The number of carbonyl (C=O) groups is 1. The van der Waals surface area contributed by atoms with E-state index in [0.29, 0.717) is 18.9 Å². The van der Waals surface area contributed by atoms with E-state index in [-0.39, 0.29) is 10.8 Å². The molecule has 0 aliphatic heterocycles. The van der Waals surface area contributed by atoms with Gasteiger partial charge in [0.25, 0.3) is 0 Å². The second kappa shape index (κ2) is 8.95. The Morgan fingerprint density at radius 2 is 2.20 bits per heavy atom. The zero-order chi connectivity index (χ0) is 15.0. The van der Waals surface area contributed by atoms with Crippen LogP contribution in [0.1, 0.15) is 51.6 Å². The average Bonchev–Trinajstić information content (AvgIpc) is 2.76. The molecule has 4 nitrogen and oxygen atoms in total. The van der Waals surface area contributed by atoms with Crippen molar-refractivity contribution >= 4 is 17.2 Å². The van der Waals surface area contributed by atoms with E-state index in [1.165, 1.54) is 30.6 Å². The number of aryl methyl sites for hydroxylation is 1. The Labute approximate surface area is 125 Å². The molecule has 0 aromatic carbocycles. The fourth-order valence-electron chi connectivity index (χ4n) is 2.18. The van der Waals surface area contributed by atoms with Crippen molar-refractivity contribution in [3.8, 4) is 0 Å². The maximum Gasteiger partial charge on any atom is 0.307 e. The monoisotopic (exact) mass is 298 g/mol. The van der Waals surface area contributed by atoms with Gasteiger partial charge in [0, 0.05) is 30.6 Å². The van der Waals surface area contributed by atoms with E-state index in [0.717, 1.165) is 18.7 Å². The zero-order valence-corrected chi connectivity index (χ0v) is 13.6. The highest BCUT2D eigenvalue weighted by Crippen LogP contribution is 2.11. The summed E-state index contributed by atoms with van der Waals surface area (Å²) in [6.45, 7) is 7.49. The molecule has 0 radical (unpaired) electrons. The summed E-state index contributed by atoms with van der Waals surface area (Å²) in [7, 11) is 0. The Hall–Kier alpha value is -1.10. The van der Waals surface area contributed by atoms with Gasteiger partial charge in [-0.05, 0) is 19.3 Å². The number of amides is 1. The number of nitrogens with one attached hydrogen (secondary N) is 1. The van der Waals surface area contributed by atoms with Crippen LogP contribution in [0.2, 0.25) is 0 Å². The van der Waals surface area contributed by atoms with Crippen molar-refractivity contribution in [2.24, 2.45) is 5.92 Å². The van der Waals surface area contributed by atoms with Crippen molar-refractivity contribution in [2.75, 3.05) is 6.54 Å². The molecule has 114 valence electrons. The van der Waals surface area contributed by atoms with E-state index in [1.54, 1.807) is 4.57 Å². The lowest BCUT2D eigenvalue weighted by Crippen LogP contribution is -2.30. The Morgan fingerprint density at radius 1 is 1.45 bits per heavy atom. The molecule has 1 N–H and O–H groups in total. The van der Waals surface area contributed by atoms with Crippen LogP contribution in [0.5, 0.6) is 0 Å². The van der Waals surface area contributed by atoms with Gasteiger partial charge in [-0.15, -0.1) is 0 Å². The minimum Gasteiger partial charge on any atom is -0.356 e. The highest BCUT2D eigenvalue weighted by molar-refractivity contribution is 7.07. The molecular formula is C15H26N2O2S. The Kier molecular flexibility index (Phi) is 7.59. The molecule has 1 rings (SSSR count). The van der Waals surface area contributed by atoms with Gasteiger partial charge in [0.2, 0.25) is 5.91 Å². The summed E-state index contributed by atoms with van der Waals surface area (Å²) in [4.78, 5) is 23.4. The number of aromatic nitrogens is 1. The van der Waals surface area contributed by atoms with Crippen LogP contribution < -0.4 is 10.2 Å². The zero-order valence-electron chi connectivity index (χ0n) is 12.8. The molecule has 0 fully saturated rings. The van der Waals surface area contributed by atoms with Gasteiger partial charge in [0.1, 0.15) is 0 Å². The molecule has 0 saturated heterocycles. The lowest BCUT2D eigenvalue weighted by atomic mass is 9.99. The highest BCUT2D eigenvalue weighted by Gasteiger charge is 2.09. The van der Waals surface area contributed by atoms with Crippen molar-refractivity contribution in [1.82, 2.24) is 9.88 Å². The molecule has 1 heterocycles. The Bertz CT molecular complexity index is 465.